The van der Waals surface area contributed by atoms with Gasteiger partial charge in [-0.1, -0.05) is 0 Å². The van der Waals surface area contributed by atoms with Gasteiger partial charge in [-0.25, -0.2) is 0 Å². The molecule has 8 heteroatoms. The van der Waals surface area contributed by atoms with E-state index in [9.17, 15) is 19.2 Å². The Morgan fingerprint density at radius 3 is 1.45 bits per heavy atom. The van der Waals surface area contributed by atoms with E-state index in [0.717, 1.165) is 0 Å². The number of amides is 2. The van der Waals surface area contributed by atoms with Crippen LogP contribution in [-0.2, 0) is 28.7 Å². The molecule has 2 saturated heterocycles. The van der Waals surface area contributed by atoms with Crippen LogP contribution in [0, 0.1) is 11.8 Å². The lowest BCUT2D eigenvalue weighted by Gasteiger charge is -2.01. The van der Waals surface area contributed by atoms with Crippen molar-refractivity contribution in [3.05, 3.63) is 0 Å². The fourth-order valence-corrected chi connectivity index (χ4v) is 1.92. The number of methoxy groups -OCH3 is 2. The number of rotatable bonds is 2. The van der Waals surface area contributed by atoms with Crippen molar-refractivity contribution in [2.24, 2.45) is 11.8 Å². The van der Waals surface area contributed by atoms with Crippen molar-refractivity contribution in [1.29, 1.82) is 0 Å². The SMILES string of the molecule is COC(=O)C1CCNC1=O.COC(=O)C1CCNC1=O. The first-order valence-corrected chi connectivity index (χ1v) is 6.22. The smallest absolute Gasteiger partial charge is 0.318 e. The Kier molecular flexibility index (Phi) is 5.95. The summed E-state index contributed by atoms with van der Waals surface area (Å²) in [6.07, 6.45) is 1.12. The molecule has 2 fully saturated rings. The topological polar surface area (TPSA) is 111 Å². The summed E-state index contributed by atoms with van der Waals surface area (Å²) in [6.45, 7) is 1.16. The Hall–Kier alpha value is -2.12. The monoisotopic (exact) mass is 286 g/mol. The van der Waals surface area contributed by atoms with E-state index in [4.69, 9.17) is 0 Å². The van der Waals surface area contributed by atoms with Gasteiger partial charge in [0.05, 0.1) is 14.2 Å². The number of carbonyl (C=O) groups is 4. The molecule has 2 aliphatic rings. The summed E-state index contributed by atoms with van der Waals surface area (Å²) < 4.78 is 8.81. The first kappa shape index (κ1) is 15.9. The summed E-state index contributed by atoms with van der Waals surface area (Å²) in [4.78, 5) is 43.0. The molecular formula is C12H18N2O6. The molecule has 8 nitrogen and oxygen atoms in total. The lowest BCUT2D eigenvalue weighted by molar-refractivity contribution is -0.150. The summed E-state index contributed by atoms with van der Waals surface area (Å²) in [5, 5.41) is 5.09. The van der Waals surface area contributed by atoms with Crippen LogP contribution in [0.2, 0.25) is 0 Å². The van der Waals surface area contributed by atoms with Crippen LogP contribution in [0.4, 0.5) is 0 Å². The van der Waals surface area contributed by atoms with E-state index in [1.54, 1.807) is 0 Å². The van der Waals surface area contributed by atoms with Gasteiger partial charge in [-0.05, 0) is 12.8 Å². The quantitative estimate of drug-likeness (QED) is 0.476. The molecular weight excluding hydrogens is 268 g/mol. The molecule has 0 aliphatic carbocycles. The van der Waals surface area contributed by atoms with Gasteiger partial charge in [-0.3, -0.25) is 19.2 Å². The predicted octanol–water partition coefficient (Wildman–Crippen LogP) is -1.41. The molecule has 2 heterocycles. The Bertz CT molecular complexity index is 371. The van der Waals surface area contributed by atoms with Crippen LogP contribution in [0.5, 0.6) is 0 Å². The average Bonchev–Trinajstić information content (AvgIpc) is 3.06. The molecule has 20 heavy (non-hydrogen) atoms. The normalized spacial score (nSPS) is 24.1. The average molecular weight is 286 g/mol. The number of ether oxygens (including phenoxy) is 2. The first-order chi connectivity index (χ1) is 9.51. The van der Waals surface area contributed by atoms with E-state index < -0.39 is 23.8 Å². The highest BCUT2D eigenvalue weighted by Crippen LogP contribution is 2.10. The van der Waals surface area contributed by atoms with Crippen LogP contribution >= 0.6 is 0 Å². The van der Waals surface area contributed by atoms with E-state index in [-0.39, 0.29) is 11.8 Å². The van der Waals surface area contributed by atoms with Crippen LogP contribution in [0.15, 0.2) is 0 Å². The Morgan fingerprint density at radius 1 is 0.900 bits per heavy atom. The molecule has 0 aromatic heterocycles. The van der Waals surface area contributed by atoms with Crippen molar-refractivity contribution >= 4 is 23.8 Å². The molecule has 0 radical (unpaired) electrons. The van der Waals surface area contributed by atoms with Crippen LogP contribution in [0.1, 0.15) is 12.8 Å². The van der Waals surface area contributed by atoms with Gasteiger partial charge in [0.2, 0.25) is 11.8 Å². The van der Waals surface area contributed by atoms with Crippen LogP contribution in [0.3, 0.4) is 0 Å². The molecule has 0 aromatic rings. The van der Waals surface area contributed by atoms with E-state index in [2.05, 4.69) is 20.1 Å². The molecule has 0 aromatic carbocycles. The number of hydrogen-bond acceptors (Lipinski definition) is 6. The van der Waals surface area contributed by atoms with Crippen LogP contribution in [-0.4, -0.2) is 51.1 Å². The highest BCUT2D eigenvalue weighted by atomic mass is 16.5. The molecule has 0 bridgehead atoms. The van der Waals surface area contributed by atoms with Gasteiger partial charge in [0.25, 0.3) is 0 Å². The fraction of sp³-hybridized carbons (Fsp3) is 0.667. The second-order valence-corrected chi connectivity index (χ2v) is 4.31. The molecule has 0 saturated carbocycles. The van der Waals surface area contributed by atoms with Crippen molar-refractivity contribution < 1.29 is 28.7 Å². The lowest BCUT2D eigenvalue weighted by Crippen LogP contribution is -2.25. The standard InChI is InChI=1S/2C6H9NO3/c2*1-10-6(9)4-2-3-7-5(4)8/h2*4H,2-3H2,1H3,(H,7,8). The van der Waals surface area contributed by atoms with E-state index >= 15 is 0 Å². The van der Waals surface area contributed by atoms with Gasteiger partial charge in [-0.15, -0.1) is 0 Å². The molecule has 2 atom stereocenters. The zero-order valence-corrected chi connectivity index (χ0v) is 11.4. The highest BCUT2D eigenvalue weighted by Gasteiger charge is 2.32. The van der Waals surface area contributed by atoms with Gasteiger partial charge in [0, 0.05) is 13.1 Å². The maximum atomic E-state index is 10.8. The summed E-state index contributed by atoms with van der Waals surface area (Å²) in [5.41, 5.74) is 0. The zero-order valence-electron chi connectivity index (χ0n) is 11.4. The van der Waals surface area contributed by atoms with Crippen molar-refractivity contribution in [3.63, 3.8) is 0 Å². The number of hydrogen-bond donors (Lipinski definition) is 2. The molecule has 2 N–H and O–H groups in total. The third-order valence-electron chi connectivity index (χ3n) is 3.07. The van der Waals surface area contributed by atoms with Crippen molar-refractivity contribution in [2.75, 3.05) is 27.3 Å². The van der Waals surface area contributed by atoms with Crippen molar-refractivity contribution in [2.45, 2.75) is 12.8 Å². The number of carbonyl (C=O) groups excluding carboxylic acids is 4. The van der Waals surface area contributed by atoms with E-state index in [0.29, 0.717) is 25.9 Å². The Labute approximate surface area is 116 Å². The molecule has 2 aliphatic heterocycles. The molecule has 2 unspecified atom stereocenters. The fourth-order valence-electron chi connectivity index (χ4n) is 1.92. The third kappa shape index (κ3) is 3.94. The highest BCUT2D eigenvalue weighted by molar-refractivity contribution is 5.99. The zero-order chi connectivity index (χ0) is 15.1. The summed E-state index contributed by atoms with van der Waals surface area (Å²) in [6, 6.07) is 0. The Balaban J connectivity index is 0.000000200. The maximum absolute atomic E-state index is 10.8. The minimum absolute atomic E-state index is 0.216. The molecule has 0 spiro atoms. The number of esters is 2. The Morgan fingerprint density at radius 2 is 1.25 bits per heavy atom. The largest absolute Gasteiger partial charge is 0.468 e. The minimum atomic E-state index is -0.565. The van der Waals surface area contributed by atoms with Crippen molar-refractivity contribution in [3.8, 4) is 0 Å². The summed E-state index contributed by atoms with van der Waals surface area (Å²) >= 11 is 0. The summed E-state index contributed by atoms with van der Waals surface area (Å²) in [5.74, 6) is -2.43. The maximum Gasteiger partial charge on any atom is 0.318 e. The first-order valence-electron chi connectivity index (χ1n) is 6.22. The van der Waals surface area contributed by atoms with Crippen LogP contribution < -0.4 is 10.6 Å². The predicted molar refractivity (Wildman–Crippen MR) is 66.3 cm³/mol. The van der Waals surface area contributed by atoms with Gasteiger partial charge >= 0.3 is 11.9 Å². The second-order valence-electron chi connectivity index (χ2n) is 4.31. The third-order valence-corrected chi connectivity index (χ3v) is 3.07. The molecule has 112 valence electrons. The van der Waals surface area contributed by atoms with Crippen LogP contribution in [0.25, 0.3) is 0 Å². The van der Waals surface area contributed by atoms with Crippen molar-refractivity contribution in [1.82, 2.24) is 10.6 Å². The molecule has 2 rings (SSSR count). The van der Waals surface area contributed by atoms with Gasteiger partial charge in [0.15, 0.2) is 0 Å². The van der Waals surface area contributed by atoms with Gasteiger partial charge < -0.3 is 20.1 Å². The van der Waals surface area contributed by atoms with E-state index in [1.165, 1.54) is 14.2 Å². The van der Waals surface area contributed by atoms with Gasteiger partial charge in [0.1, 0.15) is 11.8 Å². The number of nitrogens with one attached hydrogen (secondary N) is 2. The lowest BCUT2D eigenvalue weighted by atomic mass is 10.1. The van der Waals surface area contributed by atoms with E-state index in [1.807, 2.05) is 0 Å². The second kappa shape index (κ2) is 7.46. The minimum Gasteiger partial charge on any atom is -0.468 e. The summed E-state index contributed by atoms with van der Waals surface area (Å²) in [7, 11) is 2.57. The molecule has 2 amide bonds. The van der Waals surface area contributed by atoms with Gasteiger partial charge in [-0.2, -0.15) is 0 Å².